The Morgan fingerprint density at radius 1 is 0.912 bits per heavy atom. The van der Waals surface area contributed by atoms with E-state index in [9.17, 15) is 4.79 Å². The summed E-state index contributed by atoms with van der Waals surface area (Å²) in [5.74, 6) is 1.16. The van der Waals surface area contributed by atoms with Crippen molar-refractivity contribution in [2.45, 2.75) is 24.9 Å². The van der Waals surface area contributed by atoms with Gasteiger partial charge in [-0.2, -0.15) is 0 Å². The van der Waals surface area contributed by atoms with Crippen LogP contribution in [0, 0.1) is 5.92 Å². The fourth-order valence-electron chi connectivity index (χ4n) is 4.61. The first-order chi connectivity index (χ1) is 16.7. The molecule has 5 rings (SSSR count). The highest BCUT2D eigenvalue weighted by molar-refractivity contribution is 7.99. The minimum absolute atomic E-state index is 0.196. The average molecular weight is 468 g/mol. The molecular formula is C29H29N3OS. The van der Waals surface area contributed by atoms with E-state index < -0.39 is 0 Å². The molecular weight excluding hydrogens is 438 g/mol. The number of thioether (sulfide) groups is 1. The summed E-state index contributed by atoms with van der Waals surface area (Å²) in [6, 6.07) is 31.0. The van der Waals surface area contributed by atoms with E-state index in [-0.39, 0.29) is 5.91 Å². The van der Waals surface area contributed by atoms with Gasteiger partial charge in [-0.25, -0.2) is 4.98 Å². The summed E-state index contributed by atoms with van der Waals surface area (Å²) in [6.45, 7) is 3.95. The molecule has 1 fully saturated rings. The molecule has 1 aliphatic heterocycles. The Morgan fingerprint density at radius 3 is 2.18 bits per heavy atom. The van der Waals surface area contributed by atoms with Crippen LogP contribution in [0.25, 0.3) is 28.2 Å². The van der Waals surface area contributed by atoms with Crippen LogP contribution in [0.4, 0.5) is 0 Å². The van der Waals surface area contributed by atoms with E-state index >= 15 is 0 Å². The number of rotatable bonds is 6. The Kier molecular flexibility index (Phi) is 6.82. The lowest BCUT2D eigenvalue weighted by Crippen LogP contribution is -2.40. The Balaban J connectivity index is 1.58. The molecule has 4 nitrogen and oxygen atoms in total. The highest BCUT2D eigenvalue weighted by Gasteiger charge is 2.24. The highest BCUT2D eigenvalue weighted by Crippen LogP contribution is 2.38. The Labute approximate surface area is 205 Å². The second-order valence-corrected chi connectivity index (χ2v) is 9.81. The van der Waals surface area contributed by atoms with E-state index in [0.29, 0.717) is 11.7 Å². The second kappa shape index (κ2) is 10.3. The molecule has 5 heteroatoms. The van der Waals surface area contributed by atoms with E-state index in [2.05, 4.69) is 60.0 Å². The number of aromatic nitrogens is 2. The van der Waals surface area contributed by atoms with Crippen LogP contribution in [0.3, 0.4) is 0 Å². The minimum atomic E-state index is 0.196. The molecule has 0 spiro atoms. The molecule has 3 aromatic carbocycles. The van der Waals surface area contributed by atoms with Gasteiger partial charge in [-0.15, -0.1) is 0 Å². The summed E-state index contributed by atoms with van der Waals surface area (Å²) in [6.07, 6.45) is 2.29. The fraction of sp³-hybridized carbons (Fsp3) is 0.241. The number of likely N-dealkylation sites (tertiary alicyclic amines) is 1. The first kappa shape index (κ1) is 22.5. The van der Waals surface area contributed by atoms with Gasteiger partial charge in [0.05, 0.1) is 17.1 Å². The van der Waals surface area contributed by atoms with Crippen molar-refractivity contribution >= 4 is 17.7 Å². The van der Waals surface area contributed by atoms with Crippen LogP contribution in [-0.2, 0) is 4.79 Å². The van der Waals surface area contributed by atoms with Gasteiger partial charge in [0.1, 0.15) is 0 Å². The van der Waals surface area contributed by atoms with Crippen LogP contribution in [0.2, 0.25) is 0 Å². The quantitative estimate of drug-likeness (QED) is 0.302. The summed E-state index contributed by atoms with van der Waals surface area (Å²) in [4.78, 5) is 20.2. The van der Waals surface area contributed by atoms with Crippen molar-refractivity contribution in [2.24, 2.45) is 5.92 Å². The molecule has 1 amide bonds. The van der Waals surface area contributed by atoms with Gasteiger partial charge in [-0.3, -0.25) is 9.36 Å². The van der Waals surface area contributed by atoms with E-state index in [0.717, 1.165) is 52.9 Å². The number of carbonyl (C=O) groups excluding carboxylic acids is 1. The topological polar surface area (TPSA) is 38.1 Å². The summed E-state index contributed by atoms with van der Waals surface area (Å²) in [5, 5.41) is 0.835. The zero-order valence-corrected chi connectivity index (χ0v) is 20.2. The predicted octanol–water partition coefficient (Wildman–Crippen LogP) is 6.56. The number of imidazole rings is 1. The number of piperidine rings is 1. The van der Waals surface area contributed by atoms with Crippen LogP contribution >= 0.6 is 11.8 Å². The molecule has 34 heavy (non-hydrogen) atoms. The molecule has 4 aromatic rings. The van der Waals surface area contributed by atoms with Crippen LogP contribution in [0.1, 0.15) is 19.8 Å². The first-order valence-electron chi connectivity index (χ1n) is 11.9. The Hall–Kier alpha value is -3.31. The maximum atomic E-state index is 13.1. The Morgan fingerprint density at radius 2 is 1.53 bits per heavy atom. The van der Waals surface area contributed by atoms with Crippen molar-refractivity contribution in [3.05, 3.63) is 91.0 Å². The van der Waals surface area contributed by atoms with Gasteiger partial charge in [0.2, 0.25) is 5.91 Å². The Bertz CT molecular complexity index is 1240. The third kappa shape index (κ3) is 4.80. The summed E-state index contributed by atoms with van der Waals surface area (Å²) >= 11 is 1.53. The zero-order valence-electron chi connectivity index (χ0n) is 19.4. The van der Waals surface area contributed by atoms with E-state index in [4.69, 9.17) is 4.98 Å². The van der Waals surface area contributed by atoms with Gasteiger partial charge in [-0.05, 0) is 30.9 Å². The standard InChI is InChI=1S/C29H29N3OS/c1-22-12-11-19-31(20-22)26(33)21-34-29-30-27(23-13-5-2-6-14-23)28(24-15-7-3-8-16-24)32(29)25-17-9-4-10-18-25/h2-10,13-18,22H,11-12,19-21H2,1H3. The number of amides is 1. The molecule has 1 aromatic heterocycles. The number of nitrogens with zero attached hydrogens (tertiary/aromatic N) is 3. The molecule has 0 N–H and O–H groups in total. The van der Waals surface area contributed by atoms with Crippen molar-refractivity contribution in [3.8, 4) is 28.2 Å². The lowest BCUT2D eigenvalue weighted by Gasteiger charge is -2.30. The van der Waals surface area contributed by atoms with Crippen molar-refractivity contribution in [3.63, 3.8) is 0 Å². The first-order valence-corrected chi connectivity index (χ1v) is 12.9. The van der Waals surface area contributed by atoms with Gasteiger partial charge >= 0.3 is 0 Å². The van der Waals surface area contributed by atoms with Crippen LogP contribution in [-0.4, -0.2) is 39.2 Å². The van der Waals surface area contributed by atoms with Crippen molar-refractivity contribution < 1.29 is 4.79 Å². The maximum absolute atomic E-state index is 13.1. The van der Waals surface area contributed by atoms with Crippen LogP contribution in [0.5, 0.6) is 0 Å². The molecule has 2 heterocycles. The molecule has 0 radical (unpaired) electrons. The van der Waals surface area contributed by atoms with Crippen molar-refractivity contribution in [2.75, 3.05) is 18.8 Å². The number of hydrogen-bond acceptors (Lipinski definition) is 3. The van der Waals surface area contributed by atoms with Crippen molar-refractivity contribution in [1.82, 2.24) is 14.5 Å². The van der Waals surface area contributed by atoms with E-state index in [1.807, 2.05) is 47.4 Å². The summed E-state index contributed by atoms with van der Waals surface area (Å²) < 4.78 is 2.20. The summed E-state index contributed by atoms with van der Waals surface area (Å²) in [7, 11) is 0. The third-order valence-electron chi connectivity index (χ3n) is 6.29. The molecule has 1 aliphatic rings. The molecule has 0 saturated carbocycles. The molecule has 172 valence electrons. The third-order valence-corrected chi connectivity index (χ3v) is 7.21. The highest BCUT2D eigenvalue weighted by atomic mass is 32.2. The van der Waals surface area contributed by atoms with Gasteiger partial charge < -0.3 is 4.90 Å². The van der Waals surface area contributed by atoms with Crippen molar-refractivity contribution in [1.29, 1.82) is 0 Å². The lowest BCUT2D eigenvalue weighted by molar-refractivity contribution is -0.130. The largest absolute Gasteiger partial charge is 0.342 e. The maximum Gasteiger partial charge on any atom is 0.233 e. The number of benzene rings is 3. The van der Waals surface area contributed by atoms with Gasteiger partial charge in [0, 0.05) is 29.9 Å². The minimum Gasteiger partial charge on any atom is -0.342 e. The second-order valence-electron chi connectivity index (χ2n) is 8.87. The molecule has 1 unspecified atom stereocenters. The van der Waals surface area contributed by atoms with Crippen LogP contribution in [0.15, 0.2) is 96.2 Å². The average Bonchev–Trinajstić information content (AvgIpc) is 3.28. The number of para-hydroxylation sites is 1. The van der Waals surface area contributed by atoms with Crippen LogP contribution < -0.4 is 0 Å². The van der Waals surface area contributed by atoms with E-state index in [1.54, 1.807) is 0 Å². The monoisotopic (exact) mass is 467 g/mol. The number of carbonyl (C=O) groups is 1. The normalized spacial score (nSPS) is 15.9. The molecule has 1 atom stereocenters. The van der Waals surface area contributed by atoms with Gasteiger partial charge in [-0.1, -0.05) is 97.5 Å². The SMILES string of the molecule is CC1CCCN(C(=O)CSc2nc(-c3ccccc3)c(-c3ccccc3)n2-c2ccccc2)C1. The summed E-state index contributed by atoms with van der Waals surface area (Å²) in [5.41, 5.74) is 5.17. The number of hydrogen-bond donors (Lipinski definition) is 0. The smallest absolute Gasteiger partial charge is 0.233 e. The predicted molar refractivity (Wildman–Crippen MR) is 140 cm³/mol. The van der Waals surface area contributed by atoms with E-state index in [1.165, 1.54) is 18.2 Å². The molecule has 1 saturated heterocycles. The molecule has 0 aliphatic carbocycles. The lowest BCUT2D eigenvalue weighted by atomic mass is 10.0. The van der Waals surface area contributed by atoms with Gasteiger partial charge in [0.15, 0.2) is 5.16 Å². The van der Waals surface area contributed by atoms with Gasteiger partial charge in [0.25, 0.3) is 0 Å². The zero-order chi connectivity index (χ0) is 23.3. The fourth-order valence-corrected chi connectivity index (χ4v) is 5.52. The molecule has 0 bridgehead atoms.